The highest BCUT2D eigenvalue weighted by Gasteiger charge is 2.32. The molecule has 1 fully saturated rings. The molecule has 0 unspecified atom stereocenters. The van der Waals surface area contributed by atoms with Crippen molar-refractivity contribution < 1.29 is 22.3 Å². The molecule has 30 heavy (non-hydrogen) atoms. The standard InChI is InChI=1S/C22H27FN2O4S/c1-24(15-17-5-9-21(29-2)10-6-17)22(26)19-11-13-25(14-12-19)30(27,28)16-18-3-7-20(23)8-4-18/h3-10,19H,11-16H2,1-2H3. The molecule has 6 nitrogen and oxygen atoms in total. The van der Waals surface area contributed by atoms with Crippen molar-refractivity contribution in [3.63, 3.8) is 0 Å². The van der Waals surface area contributed by atoms with Gasteiger partial charge in [0.15, 0.2) is 0 Å². The van der Waals surface area contributed by atoms with Crippen molar-refractivity contribution in [3.05, 3.63) is 65.5 Å². The van der Waals surface area contributed by atoms with Gasteiger partial charge in [-0.1, -0.05) is 24.3 Å². The van der Waals surface area contributed by atoms with E-state index in [-0.39, 0.29) is 17.6 Å². The minimum Gasteiger partial charge on any atom is -0.497 e. The van der Waals surface area contributed by atoms with Gasteiger partial charge in [-0.2, -0.15) is 0 Å². The molecule has 0 atom stereocenters. The number of amides is 1. The maximum absolute atomic E-state index is 13.0. The number of halogens is 1. The number of hydrogen-bond donors (Lipinski definition) is 0. The molecule has 0 bridgehead atoms. The van der Waals surface area contributed by atoms with Crippen LogP contribution in [0.5, 0.6) is 5.75 Å². The molecule has 0 N–H and O–H groups in total. The summed E-state index contributed by atoms with van der Waals surface area (Å²) in [6.07, 6.45) is 0.989. The Morgan fingerprint density at radius 2 is 1.63 bits per heavy atom. The van der Waals surface area contributed by atoms with Crippen molar-refractivity contribution in [2.24, 2.45) is 5.92 Å². The van der Waals surface area contributed by atoms with Gasteiger partial charge in [-0.05, 0) is 48.2 Å². The first-order valence-electron chi connectivity index (χ1n) is 9.88. The molecular formula is C22H27FN2O4S. The largest absolute Gasteiger partial charge is 0.497 e. The van der Waals surface area contributed by atoms with Crippen LogP contribution in [0.25, 0.3) is 0 Å². The Morgan fingerprint density at radius 3 is 2.20 bits per heavy atom. The molecule has 2 aromatic carbocycles. The molecule has 1 heterocycles. The number of piperidine rings is 1. The summed E-state index contributed by atoms with van der Waals surface area (Å²) in [6, 6.07) is 13.0. The number of methoxy groups -OCH3 is 1. The maximum atomic E-state index is 13.0. The highest BCUT2D eigenvalue weighted by molar-refractivity contribution is 7.88. The lowest BCUT2D eigenvalue weighted by atomic mass is 9.96. The van der Waals surface area contributed by atoms with Gasteiger partial charge in [-0.3, -0.25) is 4.79 Å². The molecule has 0 radical (unpaired) electrons. The third-order valence-electron chi connectivity index (χ3n) is 5.41. The topological polar surface area (TPSA) is 66.9 Å². The third kappa shape index (κ3) is 5.58. The summed E-state index contributed by atoms with van der Waals surface area (Å²) in [5.74, 6) is 0.0478. The Morgan fingerprint density at radius 1 is 1.07 bits per heavy atom. The number of carbonyl (C=O) groups is 1. The predicted octanol–water partition coefficient (Wildman–Crippen LogP) is 3.03. The summed E-state index contributed by atoms with van der Waals surface area (Å²) >= 11 is 0. The van der Waals surface area contributed by atoms with Crippen LogP contribution in [0, 0.1) is 11.7 Å². The van der Waals surface area contributed by atoms with Gasteiger partial charge < -0.3 is 9.64 Å². The SMILES string of the molecule is COc1ccc(CN(C)C(=O)C2CCN(S(=O)(=O)Cc3ccc(F)cc3)CC2)cc1. The van der Waals surface area contributed by atoms with E-state index in [0.29, 0.717) is 38.0 Å². The Balaban J connectivity index is 1.53. The molecule has 1 aliphatic rings. The van der Waals surface area contributed by atoms with Gasteiger partial charge >= 0.3 is 0 Å². The lowest BCUT2D eigenvalue weighted by Gasteiger charge is -2.32. The molecule has 8 heteroatoms. The molecule has 3 rings (SSSR count). The zero-order valence-electron chi connectivity index (χ0n) is 17.3. The van der Waals surface area contributed by atoms with Gasteiger partial charge in [0.2, 0.25) is 15.9 Å². The predicted molar refractivity (Wildman–Crippen MR) is 113 cm³/mol. The van der Waals surface area contributed by atoms with E-state index in [1.54, 1.807) is 19.1 Å². The Kier molecular flexibility index (Phi) is 7.10. The van der Waals surface area contributed by atoms with E-state index in [9.17, 15) is 17.6 Å². The second-order valence-electron chi connectivity index (χ2n) is 7.60. The van der Waals surface area contributed by atoms with Crippen LogP contribution in [0.1, 0.15) is 24.0 Å². The minimum absolute atomic E-state index is 0.0291. The van der Waals surface area contributed by atoms with Gasteiger partial charge in [0.05, 0.1) is 12.9 Å². The van der Waals surface area contributed by atoms with E-state index in [1.165, 1.54) is 28.6 Å². The number of benzene rings is 2. The van der Waals surface area contributed by atoms with E-state index in [2.05, 4.69) is 0 Å². The normalized spacial score (nSPS) is 15.7. The van der Waals surface area contributed by atoms with Gasteiger partial charge in [-0.15, -0.1) is 0 Å². The summed E-state index contributed by atoms with van der Waals surface area (Å²) in [5.41, 5.74) is 1.56. The molecular weight excluding hydrogens is 407 g/mol. The number of ether oxygens (including phenoxy) is 1. The van der Waals surface area contributed by atoms with Crippen LogP contribution >= 0.6 is 0 Å². The van der Waals surface area contributed by atoms with Crippen LogP contribution in [-0.2, 0) is 27.1 Å². The van der Waals surface area contributed by atoms with Crippen LogP contribution < -0.4 is 4.74 Å². The van der Waals surface area contributed by atoms with Crippen molar-refractivity contribution >= 4 is 15.9 Å². The summed E-state index contributed by atoms with van der Waals surface area (Å²) in [6.45, 7) is 1.12. The van der Waals surface area contributed by atoms with Crippen molar-refractivity contribution in [2.45, 2.75) is 25.1 Å². The first-order chi connectivity index (χ1) is 14.3. The van der Waals surface area contributed by atoms with E-state index in [0.717, 1.165) is 11.3 Å². The molecule has 0 aromatic heterocycles. The fraction of sp³-hybridized carbons (Fsp3) is 0.409. The van der Waals surface area contributed by atoms with Crippen molar-refractivity contribution in [2.75, 3.05) is 27.2 Å². The minimum atomic E-state index is -3.50. The number of rotatable bonds is 7. The zero-order chi connectivity index (χ0) is 21.7. The summed E-state index contributed by atoms with van der Waals surface area (Å²) in [7, 11) is -0.124. The number of nitrogens with zero attached hydrogens (tertiary/aromatic N) is 2. The molecule has 2 aromatic rings. The molecule has 162 valence electrons. The number of carbonyl (C=O) groups excluding carboxylic acids is 1. The lowest BCUT2D eigenvalue weighted by molar-refractivity contribution is -0.135. The average molecular weight is 435 g/mol. The second-order valence-corrected chi connectivity index (χ2v) is 9.57. The summed E-state index contributed by atoms with van der Waals surface area (Å²) in [5, 5.41) is 0. The zero-order valence-corrected chi connectivity index (χ0v) is 18.1. The van der Waals surface area contributed by atoms with Crippen LogP contribution in [0.4, 0.5) is 4.39 Å². The monoisotopic (exact) mass is 434 g/mol. The lowest BCUT2D eigenvalue weighted by Crippen LogP contribution is -2.43. The van der Waals surface area contributed by atoms with Gasteiger partial charge in [-0.25, -0.2) is 17.1 Å². The van der Waals surface area contributed by atoms with Gasteiger partial charge in [0.1, 0.15) is 11.6 Å². The molecule has 1 amide bonds. The fourth-order valence-corrected chi connectivity index (χ4v) is 5.22. The first-order valence-corrected chi connectivity index (χ1v) is 11.5. The van der Waals surface area contributed by atoms with E-state index in [4.69, 9.17) is 4.74 Å². The Hall–Kier alpha value is -2.45. The summed E-state index contributed by atoms with van der Waals surface area (Å²) in [4.78, 5) is 14.5. The fourth-order valence-electron chi connectivity index (χ4n) is 3.66. The maximum Gasteiger partial charge on any atom is 0.225 e. The van der Waals surface area contributed by atoms with E-state index < -0.39 is 15.8 Å². The van der Waals surface area contributed by atoms with Crippen LogP contribution in [0.2, 0.25) is 0 Å². The van der Waals surface area contributed by atoms with Crippen LogP contribution in [0.15, 0.2) is 48.5 Å². The molecule has 1 aliphatic heterocycles. The third-order valence-corrected chi connectivity index (χ3v) is 7.26. The number of sulfonamides is 1. The van der Waals surface area contributed by atoms with E-state index >= 15 is 0 Å². The van der Waals surface area contributed by atoms with Crippen molar-refractivity contribution in [1.29, 1.82) is 0 Å². The van der Waals surface area contributed by atoms with Crippen LogP contribution in [0.3, 0.4) is 0 Å². The quantitative estimate of drug-likeness (QED) is 0.672. The highest BCUT2D eigenvalue weighted by Crippen LogP contribution is 2.24. The van der Waals surface area contributed by atoms with Crippen molar-refractivity contribution in [3.8, 4) is 5.75 Å². The molecule has 0 spiro atoms. The average Bonchev–Trinajstić information content (AvgIpc) is 2.75. The van der Waals surface area contributed by atoms with E-state index in [1.807, 2.05) is 24.3 Å². The van der Waals surface area contributed by atoms with Gasteiger partial charge in [0, 0.05) is 32.6 Å². The smallest absolute Gasteiger partial charge is 0.225 e. The Labute approximate surface area is 177 Å². The highest BCUT2D eigenvalue weighted by atomic mass is 32.2. The van der Waals surface area contributed by atoms with Gasteiger partial charge in [0.25, 0.3) is 0 Å². The van der Waals surface area contributed by atoms with Crippen LogP contribution in [-0.4, -0.2) is 50.8 Å². The first kappa shape index (κ1) is 22.2. The molecule has 1 saturated heterocycles. The second kappa shape index (κ2) is 9.57. The number of hydrogen-bond acceptors (Lipinski definition) is 4. The molecule has 0 saturated carbocycles. The van der Waals surface area contributed by atoms with Crippen molar-refractivity contribution in [1.82, 2.24) is 9.21 Å². The summed E-state index contributed by atoms with van der Waals surface area (Å²) < 4.78 is 44.9. The molecule has 0 aliphatic carbocycles. The Bertz CT molecular complexity index is 954.